The summed E-state index contributed by atoms with van der Waals surface area (Å²) < 4.78 is 48.7. The summed E-state index contributed by atoms with van der Waals surface area (Å²) in [4.78, 5) is 4.80. The van der Waals surface area contributed by atoms with Crippen molar-refractivity contribution in [1.82, 2.24) is 14.6 Å². The van der Waals surface area contributed by atoms with E-state index in [2.05, 4.69) is 10.1 Å². The summed E-state index contributed by atoms with van der Waals surface area (Å²) in [6, 6.07) is 16.7. The summed E-state index contributed by atoms with van der Waals surface area (Å²) >= 11 is 0. The second-order valence-corrected chi connectivity index (χ2v) is 10.8. The molecule has 148 valence electrons. The van der Waals surface area contributed by atoms with Crippen molar-refractivity contribution >= 4 is 25.3 Å². The van der Waals surface area contributed by atoms with Crippen LogP contribution in [-0.2, 0) is 19.7 Å². The fourth-order valence-electron chi connectivity index (χ4n) is 2.98. The molecule has 7 nitrogen and oxygen atoms in total. The highest BCUT2D eigenvalue weighted by Crippen LogP contribution is 2.25. The Labute approximate surface area is 168 Å². The van der Waals surface area contributed by atoms with Gasteiger partial charge in [-0.1, -0.05) is 24.3 Å². The zero-order valence-electron chi connectivity index (χ0n) is 15.6. The van der Waals surface area contributed by atoms with E-state index < -0.39 is 19.7 Å². The topological polar surface area (TPSA) is 98.5 Å². The van der Waals surface area contributed by atoms with Gasteiger partial charge in [-0.05, 0) is 36.4 Å². The first kappa shape index (κ1) is 19.3. The van der Waals surface area contributed by atoms with Crippen molar-refractivity contribution in [3.05, 3.63) is 66.9 Å². The summed E-state index contributed by atoms with van der Waals surface area (Å²) in [6.45, 7) is 0. The average Bonchev–Trinajstić information content (AvgIpc) is 3.10. The lowest BCUT2D eigenvalue weighted by Gasteiger charge is -2.07. The number of hydrogen-bond donors (Lipinski definition) is 0. The van der Waals surface area contributed by atoms with Gasteiger partial charge in [0.25, 0.3) is 0 Å². The molecule has 0 saturated heterocycles. The van der Waals surface area contributed by atoms with Crippen LogP contribution in [0, 0.1) is 0 Å². The van der Waals surface area contributed by atoms with Crippen LogP contribution in [0.5, 0.6) is 0 Å². The van der Waals surface area contributed by atoms with Gasteiger partial charge in [-0.2, -0.15) is 5.10 Å². The zero-order chi connectivity index (χ0) is 20.8. The predicted octanol–water partition coefficient (Wildman–Crippen LogP) is 2.87. The SMILES string of the molecule is CS(=O)(=O)c1ccc(-c2cnc3ccc(-c4cccc(S(C)(=O)=O)c4)nn23)cc1. The minimum absolute atomic E-state index is 0.221. The van der Waals surface area contributed by atoms with E-state index in [4.69, 9.17) is 0 Å². The first-order chi connectivity index (χ1) is 13.6. The molecule has 0 N–H and O–H groups in total. The maximum absolute atomic E-state index is 11.8. The van der Waals surface area contributed by atoms with E-state index in [1.54, 1.807) is 71.4 Å². The number of sulfone groups is 2. The number of imidazole rings is 1. The largest absolute Gasteiger partial charge is 0.235 e. The van der Waals surface area contributed by atoms with E-state index in [0.717, 1.165) is 18.1 Å². The molecule has 9 heteroatoms. The van der Waals surface area contributed by atoms with Gasteiger partial charge >= 0.3 is 0 Å². The van der Waals surface area contributed by atoms with Crippen LogP contribution in [0.4, 0.5) is 0 Å². The highest BCUT2D eigenvalue weighted by molar-refractivity contribution is 7.91. The van der Waals surface area contributed by atoms with Crippen molar-refractivity contribution in [2.45, 2.75) is 9.79 Å². The predicted molar refractivity (Wildman–Crippen MR) is 110 cm³/mol. The Morgan fingerprint density at radius 1 is 0.759 bits per heavy atom. The number of nitrogens with zero attached hydrogens (tertiary/aromatic N) is 3. The smallest absolute Gasteiger partial charge is 0.175 e. The standard InChI is InChI=1S/C20H17N3O4S2/c1-28(24,25)16-8-6-14(7-9-16)19-13-21-20-11-10-18(22-23(19)20)15-4-3-5-17(12-15)29(2,26)27/h3-13H,1-2H3. The number of fused-ring (bicyclic) bond motifs is 1. The molecule has 4 aromatic rings. The Bertz CT molecular complexity index is 1440. The van der Waals surface area contributed by atoms with Gasteiger partial charge in [0.2, 0.25) is 0 Å². The van der Waals surface area contributed by atoms with Gasteiger partial charge < -0.3 is 0 Å². The first-order valence-electron chi connectivity index (χ1n) is 8.59. The Morgan fingerprint density at radius 2 is 1.45 bits per heavy atom. The van der Waals surface area contributed by atoms with Gasteiger partial charge in [0.1, 0.15) is 0 Å². The van der Waals surface area contributed by atoms with Crippen LogP contribution in [0.3, 0.4) is 0 Å². The molecule has 2 aromatic carbocycles. The summed E-state index contributed by atoms with van der Waals surface area (Å²) in [6.07, 6.45) is 3.99. The lowest BCUT2D eigenvalue weighted by Crippen LogP contribution is -2.00. The maximum atomic E-state index is 11.8. The molecule has 0 atom stereocenters. The fraction of sp³-hybridized carbons (Fsp3) is 0.100. The van der Waals surface area contributed by atoms with Crippen molar-refractivity contribution < 1.29 is 16.8 Å². The molecular weight excluding hydrogens is 410 g/mol. The number of benzene rings is 2. The van der Waals surface area contributed by atoms with Crippen molar-refractivity contribution in [1.29, 1.82) is 0 Å². The van der Waals surface area contributed by atoms with Gasteiger partial charge in [-0.15, -0.1) is 0 Å². The second kappa shape index (κ2) is 6.78. The molecule has 0 bridgehead atoms. The first-order valence-corrected chi connectivity index (χ1v) is 12.4. The van der Waals surface area contributed by atoms with E-state index in [1.165, 1.54) is 0 Å². The molecule has 0 aliphatic heterocycles. The van der Waals surface area contributed by atoms with Gasteiger partial charge in [-0.3, -0.25) is 0 Å². The van der Waals surface area contributed by atoms with Crippen LogP contribution in [0.15, 0.2) is 76.7 Å². The highest BCUT2D eigenvalue weighted by Gasteiger charge is 2.13. The van der Waals surface area contributed by atoms with E-state index in [0.29, 0.717) is 22.6 Å². The molecule has 0 amide bonds. The van der Waals surface area contributed by atoms with Gasteiger partial charge in [0.05, 0.1) is 27.4 Å². The number of aromatic nitrogens is 3. The third-order valence-electron chi connectivity index (χ3n) is 4.50. The minimum Gasteiger partial charge on any atom is -0.235 e. The van der Waals surface area contributed by atoms with Crippen LogP contribution in [0.25, 0.3) is 28.2 Å². The van der Waals surface area contributed by atoms with E-state index in [9.17, 15) is 16.8 Å². The van der Waals surface area contributed by atoms with Crippen LogP contribution in [0.1, 0.15) is 0 Å². The lowest BCUT2D eigenvalue weighted by atomic mass is 10.1. The van der Waals surface area contributed by atoms with Gasteiger partial charge in [0.15, 0.2) is 25.3 Å². The average molecular weight is 428 g/mol. The minimum atomic E-state index is -3.33. The Hall–Kier alpha value is -3.04. The third-order valence-corrected chi connectivity index (χ3v) is 6.74. The molecule has 0 saturated carbocycles. The van der Waals surface area contributed by atoms with Crippen molar-refractivity contribution in [3.8, 4) is 22.5 Å². The molecule has 2 heterocycles. The molecular formula is C20H17N3O4S2. The van der Waals surface area contributed by atoms with Crippen molar-refractivity contribution in [2.24, 2.45) is 0 Å². The highest BCUT2D eigenvalue weighted by atomic mass is 32.2. The molecule has 29 heavy (non-hydrogen) atoms. The van der Waals surface area contributed by atoms with Crippen LogP contribution in [0.2, 0.25) is 0 Å². The monoisotopic (exact) mass is 427 g/mol. The molecule has 0 radical (unpaired) electrons. The Morgan fingerprint density at radius 3 is 2.10 bits per heavy atom. The fourth-order valence-corrected chi connectivity index (χ4v) is 4.28. The molecule has 0 aliphatic rings. The molecule has 0 fully saturated rings. The molecule has 0 aliphatic carbocycles. The van der Waals surface area contributed by atoms with Crippen molar-refractivity contribution in [3.63, 3.8) is 0 Å². The molecule has 2 aromatic heterocycles. The maximum Gasteiger partial charge on any atom is 0.175 e. The quantitative estimate of drug-likeness (QED) is 0.497. The second-order valence-electron chi connectivity index (χ2n) is 6.73. The summed E-state index contributed by atoms with van der Waals surface area (Å²) in [5.41, 5.74) is 3.34. The van der Waals surface area contributed by atoms with E-state index in [-0.39, 0.29) is 9.79 Å². The van der Waals surface area contributed by atoms with Crippen LogP contribution in [-0.4, -0.2) is 43.9 Å². The lowest BCUT2D eigenvalue weighted by molar-refractivity contribution is 0.600. The molecule has 4 rings (SSSR count). The Balaban J connectivity index is 1.82. The third kappa shape index (κ3) is 3.79. The van der Waals surface area contributed by atoms with Gasteiger partial charge in [-0.25, -0.2) is 26.3 Å². The molecule has 0 unspecified atom stereocenters. The van der Waals surface area contributed by atoms with E-state index in [1.807, 2.05) is 0 Å². The molecule has 0 spiro atoms. The summed E-state index contributed by atoms with van der Waals surface area (Å²) in [5, 5.41) is 4.62. The van der Waals surface area contributed by atoms with Crippen molar-refractivity contribution in [2.75, 3.05) is 12.5 Å². The van der Waals surface area contributed by atoms with E-state index >= 15 is 0 Å². The number of rotatable bonds is 4. The Kier molecular flexibility index (Phi) is 4.51. The van der Waals surface area contributed by atoms with Gasteiger partial charge in [0, 0.05) is 23.6 Å². The normalized spacial score (nSPS) is 12.3. The number of hydrogen-bond acceptors (Lipinski definition) is 6. The zero-order valence-corrected chi connectivity index (χ0v) is 17.3. The summed E-state index contributed by atoms with van der Waals surface area (Å²) in [7, 11) is -6.61. The van der Waals surface area contributed by atoms with Crippen LogP contribution < -0.4 is 0 Å². The summed E-state index contributed by atoms with van der Waals surface area (Å²) in [5.74, 6) is 0. The van der Waals surface area contributed by atoms with Crippen LogP contribution >= 0.6 is 0 Å².